The third-order valence-electron chi connectivity index (χ3n) is 4.29. The summed E-state index contributed by atoms with van der Waals surface area (Å²) in [6, 6.07) is 3.75. The van der Waals surface area contributed by atoms with Gasteiger partial charge in [0.1, 0.15) is 11.9 Å². The quantitative estimate of drug-likeness (QED) is 0.757. The van der Waals surface area contributed by atoms with Gasteiger partial charge in [0.2, 0.25) is 0 Å². The predicted octanol–water partition coefficient (Wildman–Crippen LogP) is 4.38. The van der Waals surface area contributed by atoms with Crippen LogP contribution in [0.25, 0.3) is 5.57 Å². The molecule has 0 amide bonds. The molecule has 2 nitrogen and oxygen atoms in total. The lowest BCUT2D eigenvalue weighted by atomic mass is 10.0. The summed E-state index contributed by atoms with van der Waals surface area (Å²) in [4.78, 5) is 1.92. The minimum atomic E-state index is -2.58. The van der Waals surface area contributed by atoms with Crippen LogP contribution in [-0.4, -0.2) is 36.6 Å². The van der Waals surface area contributed by atoms with E-state index in [1.54, 1.807) is 6.08 Å². The van der Waals surface area contributed by atoms with E-state index in [4.69, 9.17) is 4.74 Å². The van der Waals surface area contributed by atoms with Crippen molar-refractivity contribution in [3.63, 3.8) is 0 Å². The molecule has 130 valence electrons. The van der Waals surface area contributed by atoms with E-state index < -0.39 is 17.6 Å². The molecule has 2 aliphatic heterocycles. The van der Waals surface area contributed by atoms with Crippen molar-refractivity contribution >= 4 is 5.57 Å². The molecule has 1 atom stereocenters. The smallest absolute Gasteiger partial charge is 0.250 e. The first kappa shape index (κ1) is 17.0. The maximum absolute atomic E-state index is 13.4. The second-order valence-corrected chi connectivity index (χ2v) is 6.32. The zero-order chi connectivity index (χ0) is 17.3. The van der Waals surface area contributed by atoms with Gasteiger partial charge in [0.05, 0.1) is 6.54 Å². The standard InChI is InChI=1S/C18H19F4NO/c1-12-8-14(13-2-3-16(19)17(20)10-13)9-15(24-12)11-23-6-4-18(21,22)5-7-23/h2-3,8-10,12H,4-7,11H2,1H3. The van der Waals surface area contributed by atoms with Gasteiger partial charge in [-0.25, -0.2) is 17.6 Å². The summed E-state index contributed by atoms with van der Waals surface area (Å²) >= 11 is 0. The van der Waals surface area contributed by atoms with Crippen molar-refractivity contribution in [3.8, 4) is 0 Å². The number of allylic oxidation sites excluding steroid dienone is 2. The van der Waals surface area contributed by atoms with Crippen LogP contribution in [0.15, 0.2) is 36.1 Å². The monoisotopic (exact) mass is 341 g/mol. The number of piperidine rings is 1. The summed E-state index contributed by atoms with van der Waals surface area (Å²) in [5.41, 5.74) is 1.30. The number of hydrogen-bond donors (Lipinski definition) is 0. The molecule has 6 heteroatoms. The molecule has 3 rings (SSSR count). The zero-order valence-corrected chi connectivity index (χ0v) is 13.4. The van der Waals surface area contributed by atoms with Crippen LogP contribution in [0.2, 0.25) is 0 Å². The van der Waals surface area contributed by atoms with Gasteiger partial charge in [-0.3, -0.25) is 4.90 Å². The molecule has 2 heterocycles. The van der Waals surface area contributed by atoms with E-state index in [0.717, 1.165) is 17.7 Å². The summed E-state index contributed by atoms with van der Waals surface area (Å²) in [5.74, 6) is -3.73. The average Bonchev–Trinajstić information content (AvgIpc) is 2.51. The molecule has 1 aromatic carbocycles. The van der Waals surface area contributed by atoms with Gasteiger partial charge in [0.25, 0.3) is 5.92 Å². The lowest BCUT2D eigenvalue weighted by Gasteiger charge is -2.33. The van der Waals surface area contributed by atoms with Gasteiger partial charge in [-0.1, -0.05) is 6.07 Å². The number of hydrogen-bond acceptors (Lipinski definition) is 2. The SMILES string of the molecule is CC1C=C(c2ccc(F)c(F)c2)C=C(CN2CCC(F)(F)CC2)O1. The highest BCUT2D eigenvalue weighted by atomic mass is 19.3. The second-order valence-electron chi connectivity index (χ2n) is 6.32. The summed E-state index contributed by atoms with van der Waals surface area (Å²) < 4.78 is 58.7. The fourth-order valence-electron chi connectivity index (χ4n) is 2.98. The lowest BCUT2D eigenvalue weighted by Crippen LogP contribution is -2.40. The molecule has 1 unspecified atom stereocenters. The Morgan fingerprint density at radius 3 is 2.54 bits per heavy atom. The highest BCUT2D eigenvalue weighted by molar-refractivity contribution is 5.75. The van der Waals surface area contributed by atoms with Crippen molar-refractivity contribution in [2.24, 2.45) is 0 Å². The van der Waals surface area contributed by atoms with E-state index in [-0.39, 0.29) is 18.9 Å². The van der Waals surface area contributed by atoms with E-state index >= 15 is 0 Å². The van der Waals surface area contributed by atoms with Crippen LogP contribution in [0.5, 0.6) is 0 Å². The first-order valence-corrected chi connectivity index (χ1v) is 7.97. The van der Waals surface area contributed by atoms with E-state index in [0.29, 0.717) is 31.0 Å². The Kier molecular flexibility index (Phi) is 4.67. The molecule has 1 saturated heterocycles. The minimum absolute atomic E-state index is 0.151. The van der Waals surface area contributed by atoms with Gasteiger partial charge in [0.15, 0.2) is 11.6 Å². The number of rotatable bonds is 3. The van der Waals surface area contributed by atoms with E-state index in [2.05, 4.69) is 0 Å². The topological polar surface area (TPSA) is 12.5 Å². The molecule has 1 aromatic rings. The number of ether oxygens (including phenoxy) is 1. The highest BCUT2D eigenvalue weighted by Crippen LogP contribution is 2.30. The fourth-order valence-corrected chi connectivity index (χ4v) is 2.98. The Bertz CT molecular complexity index is 674. The van der Waals surface area contributed by atoms with Gasteiger partial charge >= 0.3 is 0 Å². The molecule has 24 heavy (non-hydrogen) atoms. The Balaban J connectivity index is 1.73. The van der Waals surface area contributed by atoms with E-state index in [1.807, 2.05) is 17.9 Å². The van der Waals surface area contributed by atoms with Crippen molar-refractivity contribution in [2.45, 2.75) is 31.8 Å². The van der Waals surface area contributed by atoms with Crippen molar-refractivity contribution < 1.29 is 22.3 Å². The number of alkyl halides is 2. The van der Waals surface area contributed by atoms with Gasteiger partial charge < -0.3 is 4.74 Å². The van der Waals surface area contributed by atoms with Gasteiger partial charge in [-0.2, -0.15) is 0 Å². The molecule has 2 aliphatic rings. The Hall–Kier alpha value is -1.82. The van der Waals surface area contributed by atoms with Crippen molar-refractivity contribution in [3.05, 3.63) is 53.3 Å². The third-order valence-corrected chi connectivity index (χ3v) is 4.29. The van der Waals surface area contributed by atoms with Crippen molar-refractivity contribution in [1.82, 2.24) is 4.90 Å². The summed E-state index contributed by atoms with van der Waals surface area (Å²) in [7, 11) is 0. The Morgan fingerprint density at radius 2 is 1.88 bits per heavy atom. The van der Waals surface area contributed by atoms with Crippen LogP contribution < -0.4 is 0 Å². The number of likely N-dealkylation sites (tertiary alicyclic amines) is 1. The van der Waals surface area contributed by atoms with Crippen LogP contribution in [0.4, 0.5) is 17.6 Å². The van der Waals surface area contributed by atoms with Gasteiger partial charge in [-0.15, -0.1) is 0 Å². The first-order valence-electron chi connectivity index (χ1n) is 7.97. The number of halogens is 4. The Labute approximate surface area is 138 Å². The highest BCUT2D eigenvalue weighted by Gasteiger charge is 2.34. The predicted molar refractivity (Wildman–Crippen MR) is 83.6 cm³/mol. The lowest BCUT2D eigenvalue weighted by molar-refractivity contribution is -0.0558. The maximum atomic E-state index is 13.4. The third kappa shape index (κ3) is 3.98. The van der Waals surface area contributed by atoms with Gasteiger partial charge in [-0.05, 0) is 42.3 Å². The minimum Gasteiger partial charge on any atom is -0.490 e. The fraction of sp³-hybridized carbons (Fsp3) is 0.444. The summed E-state index contributed by atoms with van der Waals surface area (Å²) in [6.45, 7) is 2.90. The molecular formula is C18H19F4NO. The second kappa shape index (κ2) is 6.59. The number of benzene rings is 1. The summed E-state index contributed by atoms with van der Waals surface area (Å²) in [6.07, 6.45) is 3.06. The van der Waals surface area contributed by atoms with Crippen LogP contribution in [-0.2, 0) is 4.74 Å². The van der Waals surface area contributed by atoms with Crippen molar-refractivity contribution in [2.75, 3.05) is 19.6 Å². The molecule has 0 radical (unpaired) electrons. The van der Waals surface area contributed by atoms with E-state index in [1.165, 1.54) is 6.07 Å². The summed E-state index contributed by atoms with van der Waals surface area (Å²) in [5, 5.41) is 0. The molecule has 0 aromatic heterocycles. The first-order chi connectivity index (χ1) is 11.3. The largest absolute Gasteiger partial charge is 0.490 e. The van der Waals surface area contributed by atoms with E-state index in [9.17, 15) is 17.6 Å². The van der Waals surface area contributed by atoms with Crippen LogP contribution in [0.3, 0.4) is 0 Å². The molecule has 1 fully saturated rings. The molecule has 0 aliphatic carbocycles. The zero-order valence-electron chi connectivity index (χ0n) is 13.4. The normalized spacial score (nSPS) is 24.1. The maximum Gasteiger partial charge on any atom is 0.250 e. The molecular weight excluding hydrogens is 322 g/mol. The number of nitrogens with zero attached hydrogens (tertiary/aromatic N) is 1. The van der Waals surface area contributed by atoms with Crippen LogP contribution in [0.1, 0.15) is 25.3 Å². The Morgan fingerprint density at radius 1 is 1.17 bits per heavy atom. The molecule has 0 N–H and O–H groups in total. The van der Waals surface area contributed by atoms with Crippen LogP contribution in [0, 0.1) is 11.6 Å². The average molecular weight is 341 g/mol. The molecule has 0 saturated carbocycles. The molecule has 0 bridgehead atoms. The van der Waals surface area contributed by atoms with Crippen molar-refractivity contribution in [1.29, 1.82) is 0 Å². The van der Waals surface area contributed by atoms with Crippen LogP contribution >= 0.6 is 0 Å². The van der Waals surface area contributed by atoms with Gasteiger partial charge in [0, 0.05) is 25.9 Å². The molecule has 0 spiro atoms.